The maximum absolute atomic E-state index is 13.0. The molecule has 2 aromatic rings. The van der Waals surface area contributed by atoms with Crippen LogP contribution in [0, 0.1) is 11.6 Å². The molecule has 0 spiro atoms. The van der Waals surface area contributed by atoms with Crippen LogP contribution in [0.1, 0.15) is 32.0 Å². The van der Waals surface area contributed by atoms with Crippen molar-refractivity contribution in [2.24, 2.45) is 0 Å². The first-order valence-electron chi connectivity index (χ1n) is 6.92. The van der Waals surface area contributed by atoms with Gasteiger partial charge in [0, 0.05) is 12.6 Å². The van der Waals surface area contributed by atoms with Gasteiger partial charge in [-0.15, -0.1) is 5.10 Å². The molecule has 0 aliphatic heterocycles. The highest BCUT2D eigenvalue weighted by atomic mass is 19.1. The molecule has 0 saturated heterocycles. The van der Waals surface area contributed by atoms with Crippen molar-refractivity contribution in [2.75, 3.05) is 6.54 Å². The van der Waals surface area contributed by atoms with Gasteiger partial charge in [-0.05, 0) is 51.4 Å². The number of benzene rings is 1. The molecule has 0 amide bonds. The fourth-order valence-electron chi connectivity index (χ4n) is 1.91. The average Bonchev–Trinajstić information content (AvgIpc) is 2.82. The van der Waals surface area contributed by atoms with Crippen molar-refractivity contribution in [3.05, 3.63) is 47.3 Å². The third kappa shape index (κ3) is 4.60. The summed E-state index contributed by atoms with van der Waals surface area (Å²) in [6.07, 6.45) is 2.46. The molecule has 0 bridgehead atoms. The molecule has 4 nitrogen and oxygen atoms in total. The molecule has 0 fully saturated rings. The van der Waals surface area contributed by atoms with E-state index in [-0.39, 0.29) is 5.54 Å². The van der Waals surface area contributed by atoms with Crippen molar-refractivity contribution >= 4 is 0 Å². The lowest BCUT2D eigenvalue weighted by Gasteiger charge is -2.17. The molecule has 114 valence electrons. The van der Waals surface area contributed by atoms with E-state index in [0.717, 1.165) is 11.8 Å². The van der Waals surface area contributed by atoms with Gasteiger partial charge in [0.25, 0.3) is 0 Å². The Labute approximate surface area is 123 Å². The van der Waals surface area contributed by atoms with Crippen molar-refractivity contribution in [3.8, 4) is 0 Å². The van der Waals surface area contributed by atoms with E-state index in [9.17, 15) is 8.78 Å². The van der Waals surface area contributed by atoms with Crippen LogP contribution in [-0.4, -0.2) is 21.5 Å². The summed E-state index contributed by atoms with van der Waals surface area (Å²) in [5, 5.41) is 11.4. The SMILES string of the molecule is CC(C)(C)n1cc(CNCCc2cc(F)cc(F)c2)nn1. The molecule has 0 radical (unpaired) electrons. The van der Waals surface area contributed by atoms with E-state index >= 15 is 0 Å². The molecule has 6 heteroatoms. The van der Waals surface area contributed by atoms with Crippen molar-refractivity contribution in [3.63, 3.8) is 0 Å². The quantitative estimate of drug-likeness (QED) is 0.862. The van der Waals surface area contributed by atoms with Crippen LogP contribution in [0.4, 0.5) is 8.78 Å². The van der Waals surface area contributed by atoms with Crippen LogP contribution in [0.25, 0.3) is 0 Å². The van der Waals surface area contributed by atoms with Gasteiger partial charge in [0.1, 0.15) is 11.6 Å². The summed E-state index contributed by atoms with van der Waals surface area (Å²) >= 11 is 0. The molecule has 1 aromatic heterocycles. The second-order valence-electron chi connectivity index (χ2n) is 6.03. The number of hydrogen-bond acceptors (Lipinski definition) is 3. The maximum atomic E-state index is 13.0. The first-order valence-corrected chi connectivity index (χ1v) is 6.92. The molecule has 0 atom stereocenters. The van der Waals surface area contributed by atoms with Crippen molar-refractivity contribution in [2.45, 2.75) is 39.3 Å². The standard InChI is InChI=1S/C15H20F2N4/c1-15(2,3)21-10-14(19-20-21)9-18-5-4-11-6-12(16)8-13(17)7-11/h6-8,10,18H,4-5,9H2,1-3H3. The van der Waals surface area contributed by atoms with E-state index in [2.05, 4.69) is 36.4 Å². The van der Waals surface area contributed by atoms with Gasteiger partial charge in [-0.3, -0.25) is 0 Å². The highest BCUT2D eigenvalue weighted by Gasteiger charge is 2.14. The molecule has 0 saturated carbocycles. The summed E-state index contributed by atoms with van der Waals surface area (Å²) in [5.74, 6) is -1.09. The molecule has 1 aromatic carbocycles. The average molecular weight is 294 g/mol. The van der Waals surface area contributed by atoms with E-state index in [0.29, 0.717) is 25.1 Å². The summed E-state index contributed by atoms with van der Waals surface area (Å²) in [6, 6.07) is 3.57. The Hall–Kier alpha value is -1.82. The summed E-state index contributed by atoms with van der Waals surface area (Å²) in [6.45, 7) is 7.35. The van der Waals surface area contributed by atoms with Gasteiger partial charge in [-0.2, -0.15) is 0 Å². The van der Waals surface area contributed by atoms with Crippen molar-refractivity contribution in [1.82, 2.24) is 20.3 Å². The molecule has 21 heavy (non-hydrogen) atoms. The number of nitrogens with zero attached hydrogens (tertiary/aromatic N) is 3. The van der Waals surface area contributed by atoms with Crippen molar-refractivity contribution in [1.29, 1.82) is 0 Å². The normalized spacial score (nSPS) is 11.9. The Morgan fingerprint density at radius 3 is 2.38 bits per heavy atom. The smallest absolute Gasteiger partial charge is 0.126 e. The summed E-state index contributed by atoms with van der Waals surface area (Å²) in [7, 11) is 0. The molecular formula is C15H20F2N4. The van der Waals surface area contributed by atoms with Gasteiger partial charge < -0.3 is 5.32 Å². The lowest BCUT2D eigenvalue weighted by molar-refractivity contribution is 0.347. The van der Waals surface area contributed by atoms with Gasteiger partial charge >= 0.3 is 0 Å². The maximum Gasteiger partial charge on any atom is 0.126 e. The van der Waals surface area contributed by atoms with Gasteiger partial charge in [-0.25, -0.2) is 13.5 Å². The zero-order chi connectivity index (χ0) is 15.5. The van der Waals surface area contributed by atoms with Crippen LogP contribution in [0.5, 0.6) is 0 Å². The van der Waals surface area contributed by atoms with E-state index < -0.39 is 11.6 Å². The van der Waals surface area contributed by atoms with E-state index in [1.54, 1.807) is 0 Å². The van der Waals surface area contributed by atoms with Crippen LogP contribution in [0.2, 0.25) is 0 Å². The molecule has 1 heterocycles. The van der Waals surface area contributed by atoms with Gasteiger partial charge in [0.2, 0.25) is 0 Å². The van der Waals surface area contributed by atoms with Crippen LogP contribution in [0.3, 0.4) is 0 Å². The Kier molecular flexibility index (Phi) is 4.67. The molecule has 2 rings (SSSR count). The highest BCUT2D eigenvalue weighted by molar-refractivity contribution is 5.18. The topological polar surface area (TPSA) is 42.7 Å². The van der Waals surface area contributed by atoms with E-state index in [1.165, 1.54) is 12.1 Å². The monoisotopic (exact) mass is 294 g/mol. The van der Waals surface area contributed by atoms with Crippen LogP contribution >= 0.6 is 0 Å². The minimum atomic E-state index is -0.543. The second kappa shape index (κ2) is 6.30. The summed E-state index contributed by atoms with van der Waals surface area (Å²) in [4.78, 5) is 0. The number of nitrogens with one attached hydrogen (secondary N) is 1. The Bertz CT molecular complexity index is 582. The fraction of sp³-hybridized carbons (Fsp3) is 0.467. The molecule has 0 aliphatic rings. The minimum Gasteiger partial charge on any atom is -0.311 e. The first kappa shape index (κ1) is 15.6. The number of halogens is 2. The van der Waals surface area contributed by atoms with Crippen molar-refractivity contribution < 1.29 is 8.78 Å². The van der Waals surface area contributed by atoms with E-state index in [4.69, 9.17) is 0 Å². The molecule has 0 aliphatic carbocycles. The lowest BCUT2D eigenvalue weighted by Crippen LogP contribution is -2.22. The zero-order valence-corrected chi connectivity index (χ0v) is 12.5. The summed E-state index contributed by atoms with van der Waals surface area (Å²) < 4.78 is 27.9. The van der Waals surface area contributed by atoms with Crippen LogP contribution in [-0.2, 0) is 18.5 Å². The van der Waals surface area contributed by atoms with Gasteiger partial charge in [-0.1, -0.05) is 5.21 Å². The number of aromatic nitrogens is 3. The number of hydrogen-bond donors (Lipinski definition) is 1. The largest absolute Gasteiger partial charge is 0.311 e. The van der Waals surface area contributed by atoms with Gasteiger partial charge in [0.05, 0.1) is 17.4 Å². The third-order valence-electron chi connectivity index (χ3n) is 3.05. The Morgan fingerprint density at radius 2 is 1.81 bits per heavy atom. The second-order valence-corrected chi connectivity index (χ2v) is 6.03. The molecule has 0 unspecified atom stereocenters. The summed E-state index contributed by atoms with van der Waals surface area (Å²) in [5.41, 5.74) is 1.39. The lowest BCUT2D eigenvalue weighted by atomic mass is 10.1. The van der Waals surface area contributed by atoms with Crippen LogP contribution < -0.4 is 5.32 Å². The number of rotatable bonds is 5. The predicted molar refractivity (Wildman–Crippen MR) is 76.8 cm³/mol. The van der Waals surface area contributed by atoms with Gasteiger partial charge in [0.15, 0.2) is 0 Å². The molecular weight excluding hydrogens is 274 g/mol. The van der Waals surface area contributed by atoms with E-state index in [1.807, 2.05) is 10.9 Å². The fourth-order valence-corrected chi connectivity index (χ4v) is 1.91. The minimum absolute atomic E-state index is 0.0929. The van der Waals surface area contributed by atoms with Crippen LogP contribution in [0.15, 0.2) is 24.4 Å². The molecule has 1 N–H and O–H groups in total. The first-order chi connectivity index (χ1) is 9.84. The Morgan fingerprint density at radius 1 is 1.14 bits per heavy atom. The Balaban J connectivity index is 1.81. The third-order valence-corrected chi connectivity index (χ3v) is 3.05. The highest BCUT2D eigenvalue weighted by Crippen LogP contribution is 2.11. The zero-order valence-electron chi connectivity index (χ0n) is 12.5. The predicted octanol–water partition coefficient (Wildman–Crippen LogP) is 2.64.